The molecule has 88 valence electrons. The van der Waals surface area contributed by atoms with Gasteiger partial charge in [-0.05, 0) is 18.2 Å². The Hall–Kier alpha value is -1.39. The Labute approximate surface area is 109 Å². The van der Waals surface area contributed by atoms with Gasteiger partial charge in [-0.3, -0.25) is 0 Å². The monoisotopic (exact) mass is 268 g/mol. The molecule has 0 saturated carbocycles. The standard InChI is InChI=1S/C11H9ClN4.ClH/c1-2-9-15-10-11(16-9)14-8-5-6(12)3-4-7(8)13-10;/h3-5H,2H2,1H3,(H,13,14,15,16);1H. The van der Waals surface area contributed by atoms with Crippen LogP contribution < -0.4 is 0 Å². The van der Waals surface area contributed by atoms with Crippen LogP contribution in [0.25, 0.3) is 22.3 Å². The second-order valence-electron chi connectivity index (χ2n) is 3.57. The van der Waals surface area contributed by atoms with Crippen molar-refractivity contribution >= 4 is 46.3 Å². The Kier molecular flexibility index (Phi) is 3.17. The highest BCUT2D eigenvalue weighted by Gasteiger charge is 2.06. The van der Waals surface area contributed by atoms with Gasteiger partial charge in [0.05, 0.1) is 11.0 Å². The molecule has 0 fully saturated rings. The van der Waals surface area contributed by atoms with Crippen molar-refractivity contribution in [3.8, 4) is 0 Å². The maximum atomic E-state index is 5.91. The Morgan fingerprint density at radius 3 is 2.76 bits per heavy atom. The number of H-pyrrole nitrogens is 1. The molecule has 3 rings (SSSR count). The summed E-state index contributed by atoms with van der Waals surface area (Å²) < 4.78 is 0. The van der Waals surface area contributed by atoms with Crippen molar-refractivity contribution in [1.29, 1.82) is 0 Å². The Morgan fingerprint density at radius 2 is 2.00 bits per heavy atom. The summed E-state index contributed by atoms with van der Waals surface area (Å²) in [5.41, 5.74) is 2.97. The lowest BCUT2D eigenvalue weighted by Crippen LogP contribution is -1.85. The van der Waals surface area contributed by atoms with Gasteiger partial charge in [-0.2, -0.15) is 0 Å². The largest absolute Gasteiger partial charge is 0.325 e. The topological polar surface area (TPSA) is 54.5 Å². The molecule has 1 N–H and O–H groups in total. The minimum absolute atomic E-state index is 0. The minimum Gasteiger partial charge on any atom is -0.325 e. The second-order valence-corrected chi connectivity index (χ2v) is 4.00. The summed E-state index contributed by atoms with van der Waals surface area (Å²) in [7, 11) is 0. The number of nitrogens with zero attached hydrogens (tertiary/aromatic N) is 3. The predicted octanol–water partition coefficient (Wildman–Crippen LogP) is 3.14. The number of halogens is 2. The molecule has 2 aromatic heterocycles. The number of aromatic amines is 1. The summed E-state index contributed by atoms with van der Waals surface area (Å²) in [4.78, 5) is 16.3. The summed E-state index contributed by atoms with van der Waals surface area (Å²) in [6, 6.07) is 5.46. The zero-order valence-corrected chi connectivity index (χ0v) is 10.6. The molecule has 6 heteroatoms. The predicted molar refractivity (Wildman–Crippen MR) is 70.8 cm³/mol. The summed E-state index contributed by atoms with van der Waals surface area (Å²) in [6.45, 7) is 2.04. The molecule has 0 spiro atoms. The van der Waals surface area contributed by atoms with E-state index >= 15 is 0 Å². The van der Waals surface area contributed by atoms with Gasteiger partial charge < -0.3 is 4.98 Å². The van der Waals surface area contributed by atoms with Crippen LogP contribution in [-0.2, 0) is 6.42 Å². The normalized spacial score (nSPS) is 10.7. The molecule has 0 aliphatic carbocycles. The lowest BCUT2D eigenvalue weighted by atomic mass is 10.3. The zero-order valence-electron chi connectivity index (χ0n) is 9.07. The van der Waals surface area contributed by atoms with Crippen LogP contribution in [0.2, 0.25) is 5.02 Å². The maximum Gasteiger partial charge on any atom is 0.198 e. The fourth-order valence-corrected chi connectivity index (χ4v) is 1.81. The van der Waals surface area contributed by atoms with E-state index in [9.17, 15) is 0 Å². The molecular weight excluding hydrogens is 259 g/mol. The van der Waals surface area contributed by atoms with Crippen molar-refractivity contribution in [1.82, 2.24) is 19.9 Å². The molecule has 0 bridgehead atoms. The lowest BCUT2D eigenvalue weighted by Gasteiger charge is -1.96. The summed E-state index contributed by atoms with van der Waals surface area (Å²) in [6.07, 6.45) is 0.842. The molecule has 0 aliphatic rings. The van der Waals surface area contributed by atoms with Crippen LogP contribution in [0.5, 0.6) is 0 Å². The number of hydrogen-bond acceptors (Lipinski definition) is 3. The molecule has 0 radical (unpaired) electrons. The zero-order chi connectivity index (χ0) is 11.1. The van der Waals surface area contributed by atoms with Crippen molar-refractivity contribution < 1.29 is 0 Å². The van der Waals surface area contributed by atoms with Crippen LogP contribution in [0.3, 0.4) is 0 Å². The molecule has 0 aliphatic heterocycles. The van der Waals surface area contributed by atoms with E-state index < -0.39 is 0 Å². The summed E-state index contributed by atoms with van der Waals surface area (Å²) >= 11 is 5.91. The third-order valence-electron chi connectivity index (χ3n) is 2.45. The lowest BCUT2D eigenvalue weighted by molar-refractivity contribution is 0.996. The third-order valence-corrected chi connectivity index (χ3v) is 2.68. The van der Waals surface area contributed by atoms with E-state index in [2.05, 4.69) is 19.9 Å². The van der Waals surface area contributed by atoms with Crippen molar-refractivity contribution in [3.05, 3.63) is 29.0 Å². The molecule has 2 heterocycles. The van der Waals surface area contributed by atoms with Gasteiger partial charge in [0.1, 0.15) is 5.82 Å². The van der Waals surface area contributed by atoms with Gasteiger partial charge in [0.25, 0.3) is 0 Å². The molecule has 0 atom stereocenters. The fraction of sp³-hybridized carbons (Fsp3) is 0.182. The molecule has 0 saturated heterocycles. The fourth-order valence-electron chi connectivity index (χ4n) is 1.64. The maximum absolute atomic E-state index is 5.91. The smallest absolute Gasteiger partial charge is 0.198 e. The Morgan fingerprint density at radius 1 is 1.18 bits per heavy atom. The number of fused-ring (bicyclic) bond motifs is 2. The van der Waals surface area contributed by atoms with Crippen LogP contribution >= 0.6 is 24.0 Å². The first-order chi connectivity index (χ1) is 7.76. The van der Waals surface area contributed by atoms with E-state index in [1.165, 1.54) is 0 Å². The molecule has 17 heavy (non-hydrogen) atoms. The Bertz CT molecular complexity index is 678. The minimum atomic E-state index is 0. The molecule has 1 aromatic carbocycles. The summed E-state index contributed by atoms with van der Waals surface area (Å²) in [5, 5.41) is 0.663. The first-order valence-corrected chi connectivity index (χ1v) is 5.46. The van der Waals surface area contributed by atoms with Gasteiger partial charge in [-0.25, -0.2) is 15.0 Å². The van der Waals surface area contributed by atoms with Gasteiger partial charge in [-0.1, -0.05) is 18.5 Å². The van der Waals surface area contributed by atoms with E-state index in [0.717, 1.165) is 23.3 Å². The van der Waals surface area contributed by atoms with E-state index in [4.69, 9.17) is 11.6 Å². The molecular formula is C11H10Cl2N4. The van der Waals surface area contributed by atoms with Gasteiger partial charge in [0.15, 0.2) is 11.3 Å². The van der Waals surface area contributed by atoms with E-state index in [0.29, 0.717) is 16.3 Å². The average molecular weight is 269 g/mol. The third kappa shape index (κ3) is 2.06. The van der Waals surface area contributed by atoms with Gasteiger partial charge in [0, 0.05) is 11.4 Å². The van der Waals surface area contributed by atoms with Gasteiger partial charge in [0.2, 0.25) is 0 Å². The van der Waals surface area contributed by atoms with Crippen molar-refractivity contribution in [3.63, 3.8) is 0 Å². The number of benzene rings is 1. The van der Waals surface area contributed by atoms with Crippen molar-refractivity contribution in [2.75, 3.05) is 0 Å². The van der Waals surface area contributed by atoms with Crippen LogP contribution in [-0.4, -0.2) is 19.9 Å². The van der Waals surface area contributed by atoms with Crippen molar-refractivity contribution in [2.24, 2.45) is 0 Å². The molecule has 0 amide bonds. The first kappa shape index (κ1) is 12.1. The SMILES string of the molecule is CCc1nc2nc3ccc(Cl)cc3nc2[nH]1.Cl. The highest BCUT2D eigenvalue weighted by atomic mass is 35.5. The van der Waals surface area contributed by atoms with E-state index in [1.807, 2.05) is 13.0 Å². The highest BCUT2D eigenvalue weighted by molar-refractivity contribution is 6.31. The van der Waals surface area contributed by atoms with E-state index in [1.54, 1.807) is 12.1 Å². The number of nitrogens with one attached hydrogen (secondary N) is 1. The van der Waals surface area contributed by atoms with Gasteiger partial charge >= 0.3 is 0 Å². The number of hydrogen-bond donors (Lipinski definition) is 1. The number of aryl methyl sites for hydroxylation is 1. The second kappa shape index (κ2) is 4.47. The number of aromatic nitrogens is 4. The average Bonchev–Trinajstić information content (AvgIpc) is 2.67. The van der Waals surface area contributed by atoms with Crippen LogP contribution in [0.15, 0.2) is 18.2 Å². The molecule has 4 nitrogen and oxygen atoms in total. The number of rotatable bonds is 1. The van der Waals surface area contributed by atoms with Crippen molar-refractivity contribution in [2.45, 2.75) is 13.3 Å². The highest BCUT2D eigenvalue weighted by Crippen LogP contribution is 2.18. The number of imidazole rings is 1. The van der Waals surface area contributed by atoms with Crippen LogP contribution in [0.1, 0.15) is 12.7 Å². The Balaban J connectivity index is 0.00000108. The van der Waals surface area contributed by atoms with Gasteiger partial charge in [-0.15, -0.1) is 12.4 Å². The summed E-state index contributed by atoms with van der Waals surface area (Å²) in [5.74, 6) is 0.899. The van der Waals surface area contributed by atoms with Crippen LogP contribution in [0, 0.1) is 0 Å². The molecule has 0 unspecified atom stereocenters. The first-order valence-electron chi connectivity index (χ1n) is 5.08. The van der Waals surface area contributed by atoms with Crippen LogP contribution in [0.4, 0.5) is 0 Å². The quantitative estimate of drug-likeness (QED) is 0.738. The van der Waals surface area contributed by atoms with E-state index in [-0.39, 0.29) is 12.4 Å². The molecule has 3 aromatic rings.